The molecule has 1 aromatic carbocycles. The van der Waals surface area contributed by atoms with Gasteiger partial charge in [0, 0.05) is 0 Å². The van der Waals surface area contributed by atoms with Crippen molar-refractivity contribution in [3.63, 3.8) is 0 Å². The minimum absolute atomic E-state index is 0. The van der Waals surface area contributed by atoms with E-state index >= 15 is 0 Å². The summed E-state index contributed by atoms with van der Waals surface area (Å²) in [6, 6.07) is 3.84. The van der Waals surface area contributed by atoms with Crippen molar-refractivity contribution in [1.82, 2.24) is 4.98 Å². The van der Waals surface area contributed by atoms with E-state index in [1.165, 1.54) is 35.1 Å². The van der Waals surface area contributed by atoms with E-state index in [4.69, 9.17) is 0 Å². The Hall–Kier alpha value is -0.982. The number of rotatable bonds is 3. The molecule has 20 heavy (non-hydrogen) atoms. The van der Waals surface area contributed by atoms with Crippen molar-refractivity contribution in [3.8, 4) is 5.75 Å². The van der Waals surface area contributed by atoms with Gasteiger partial charge in [-0.05, 0) is 0 Å². The van der Waals surface area contributed by atoms with E-state index in [0.717, 1.165) is 11.3 Å². The zero-order valence-electron chi connectivity index (χ0n) is 9.73. The van der Waals surface area contributed by atoms with Crippen LogP contribution in [-0.4, -0.2) is 34.1 Å². The third kappa shape index (κ3) is 4.54. The summed E-state index contributed by atoms with van der Waals surface area (Å²) in [4.78, 5) is 15.3. The van der Waals surface area contributed by atoms with Gasteiger partial charge < -0.3 is 0 Å². The quantitative estimate of drug-likeness (QED) is 0.823. The van der Waals surface area contributed by atoms with Crippen LogP contribution in [0, 0.1) is 0 Å². The van der Waals surface area contributed by atoms with Crippen LogP contribution in [0.4, 0.5) is 18.3 Å². The molecule has 0 radical (unpaired) electrons. The number of ether oxygens (including phenoxy) is 1. The molecule has 1 unspecified atom stereocenters. The molecule has 0 fully saturated rings. The number of hydrogen-bond acceptors (Lipinski definition) is 4. The van der Waals surface area contributed by atoms with Crippen molar-refractivity contribution in [2.75, 3.05) is 5.32 Å². The van der Waals surface area contributed by atoms with Crippen LogP contribution in [0.1, 0.15) is 0 Å². The molecule has 1 aromatic heterocycles. The molecule has 0 spiro atoms. The van der Waals surface area contributed by atoms with E-state index in [9.17, 15) is 18.0 Å². The number of hydrogen-bond donors (Lipinski definition) is 1. The fraction of sp³-hybridized carbons (Fsp3) is 0.200. The summed E-state index contributed by atoms with van der Waals surface area (Å²) in [6.07, 6.45) is -4.72. The first-order valence-electron chi connectivity index (χ1n) is 5.03. The van der Waals surface area contributed by atoms with Crippen molar-refractivity contribution in [3.05, 3.63) is 18.2 Å². The Kier molecular flexibility index (Phi) is 5.67. The Balaban J connectivity index is 0.00000200. The van der Waals surface area contributed by atoms with E-state index < -0.39 is 6.36 Å². The standard InChI is InChI=1S/C10H8AsF3N2O2S.ClH/c11-4-8(17)16-9-15-6-2-1-5(3-7(6)19-9)18-10(12,13)14;/h1-3H,4,11H2,(H,15,16,17);1H. The van der Waals surface area contributed by atoms with Gasteiger partial charge in [-0.1, -0.05) is 0 Å². The summed E-state index contributed by atoms with van der Waals surface area (Å²) < 4.78 is 40.6. The van der Waals surface area contributed by atoms with Crippen LogP contribution in [0.15, 0.2) is 18.2 Å². The molecule has 10 heteroatoms. The van der Waals surface area contributed by atoms with E-state index in [2.05, 4.69) is 15.0 Å². The van der Waals surface area contributed by atoms with Gasteiger partial charge in [-0.2, -0.15) is 0 Å². The van der Waals surface area contributed by atoms with Crippen LogP contribution in [-0.2, 0) is 4.79 Å². The molecule has 0 aliphatic carbocycles. The summed E-state index contributed by atoms with van der Waals surface area (Å²) >= 11 is 2.36. The van der Waals surface area contributed by atoms with E-state index in [-0.39, 0.29) is 24.1 Å². The molecule has 0 saturated carbocycles. The fourth-order valence-electron chi connectivity index (χ4n) is 1.33. The molecule has 1 N–H and O–H groups in total. The van der Waals surface area contributed by atoms with Crippen LogP contribution in [0.25, 0.3) is 10.2 Å². The molecule has 0 aliphatic rings. The van der Waals surface area contributed by atoms with E-state index in [0.29, 0.717) is 20.6 Å². The maximum atomic E-state index is 12.1. The number of anilines is 1. The van der Waals surface area contributed by atoms with Crippen LogP contribution < -0.4 is 10.1 Å². The van der Waals surface area contributed by atoms with E-state index in [1.807, 2.05) is 0 Å². The summed E-state index contributed by atoms with van der Waals surface area (Å²) in [5.74, 6) is -0.480. The number of nitrogens with one attached hydrogen (secondary N) is 1. The van der Waals surface area contributed by atoms with Gasteiger partial charge in [-0.3, -0.25) is 0 Å². The zero-order chi connectivity index (χ0) is 14.0. The molecule has 2 aromatic rings. The fourth-order valence-corrected chi connectivity index (χ4v) is 2.45. The van der Waals surface area contributed by atoms with Gasteiger partial charge >= 0.3 is 118 Å². The number of fused-ring (bicyclic) bond motifs is 1. The number of benzene rings is 1. The Morgan fingerprint density at radius 3 is 2.75 bits per heavy atom. The van der Waals surface area contributed by atoms with Crippen LogP contribution in [0.2, 0.25) is 5.21 Å². The number of carbonyl (C=O) groups is 1. The zero-order valence-corrected chi connectivity index (χ0v) is 13.8. The molecule has 0 saturated heterocycles. The van der Waals surface area contributed by atoms with Crippen molar-refractivity contribution < 1.29 is 22.7 Å². The van der Waals surface area contributed by atoms with E-state index in [1.54, 1.807) is 0 Å². The first-order valence-corrected chi connectivity index (χ1v) is 7.56. The number of thiazole rings is 1. The van der Waals surface area contributed by atoms with Gasteiger partial charge in [0.05, 0.1) is 0 Å². The Labute approximate surface area is 130 Å². The first kappa shape index (κ1) is 17.1. The number of carbonyl (C=O) groups excluding carboxylic acids is 1. The summed E-state index contributed by atoms with van der Waals surface area (Å²) in [7, 11) is 0. The Morgan fingerprint density at radius 1 is 1.45 bits per heavy atom. The second-order valence-electron chi connectivity index (χ2n) is 3.45. The summed E-state index contributed by atoms with van der Waals surface area (Å²) in [6.45, 7) is 0. The first-order chi connectivity index (χ1) is 8.87. The van der Waals surface area contributed by atoms with Gasteiger partial charge in [-0.25, -0.2) is 0 Å². The number of alkyl halides is 3. The average molecular weight is 389 g/mol. The SMILES string of the molecule is Cl.O=C(C[AsH2])Nc1nc2ccc(OC(F)(F)F)cc2s1. The predicted molar refractivity (Wildman–Crippen MR) is 75.5 cm³/mol. The van der Waals surface area contributed by atoms with Gasteiger partial charge in [0.1, 0.15) is 0 Å². The molecule has 4 nitrogen and oxygen atoms in total. The molecular weight excluding hydrogens is 380 g/mol. The Bertz CT molecular complexity index is 620. The van der Waals surface area contributed by atoms with Crippen molar-refractivity contribution in [2.24, 2.45) is 0 Å². The third-order valence-electron chi connectivity index (χ3n) is 2.03. The summed E-state index contributed by atoms with van der Waals surface area (Å²) in [5, 5.41) is 3.30. The van der Waals surface area contributed by atoms with Crippen LogP contribution >= 0.6 is 23.7 Å². The molecule has 0 bridgehead atoms. The van der Waals surface area contributed by atoms with Crippen molar-refractivity contribution >= 4 is 61.9 Å². The third-order valence-corrected chi connectivity index (χ3v) is 3.74. The normalized spacial score (nSPS) is 11.0. The maximum absolute atomic E-state index is 12.1. The molecular formula is C10H9AsClF3N2O2S. The number of nitrogens with zero attached hydrogens (tertiary/aromatic N) is 1. The number of amides is 1. The van der Waals surface area contributed by atoms with Gasteiger partial charge in [0.25, 0.3) is 0 Å². The van der Waals surface area contributed by atoms with Gasteiger partial charge in [0.15, 0.2) is 0 Å². The van der Waals surface area contributed by atoms with Crippen molar-refractivity contribution in [2.45, 2.75) is 11.6 Å². The molecule has 1 atom stereocenters. The molecule has 0 aliphatic heterocycles. The minimum atomic E-state index is -4.72. The van der Waals surface area contributed by atoms with Gasteiger partial charge in [0.2, 0.25) is 0 Å². The van der Waals surface area contributed by atoms with Crippen LogP contribution in [0.5, 0.6) is 5.75 Å². The molecule has 1 heterocycles. The second kappa shape index (κ2) is 6.65. The average Bonchev–Trinajstić information content (AvgIpc) is 2.68. The molecule has 110 valence electrons. The topological polar surface area (TPSA) is 51.2 Å². The monoisotopic (exact) mass is 388 g/mol. The number of aromatic nitrogens is 1. The molecule has 2 rings (SSSR count). The molecule has 1 amide bonds. The predicted octanol–water partition coefficient (Wildman–Crippen LogP) is 2.61. The van der Waals surface area contributed by atoms with Crippen molar-refractivity contribution in [1.29, 1.82) is 0 Å². The van der Waals surface area contributed by atoms with Crippen LogP contribution in [0.3, 0.4) is 0 Å². The Morgan fingerprint density at radius 2 is 2.15 bits per heavy atom. The second-order valence-corrected chi connectivity index (χ2v) is 5.34. The number of halogens is 4. The van der Waals surface area contributed by atoms with Gasteiger partial charge in [-0.15, -0.1) is 12.4 Å². The summed E-state index contributed by atoms with van der Waals surface area (Å²) in [5.41, 5.74) is 0.511.